The molecule has 0 amide bonds. The van der Waals surface area contributed by atoms with Crippen LogP contribution in [0.3, 0.4) is 0 Å². The number of carbonyl (C=O) groups excluding carboxylic acids is 1. The molecule has 3 nitrogen and oxygen atoms in total. The normalized spacial score (nSPS) is 15.9. The molecule has 0 aliphatic heterocycles. The molecule has 20 heavy (non-hydrogen) atoms. The number of benzene rings is 1. The highest BCUT2D eigenvalue weighted by molar-refractivity contribution is 5.97. The van der Waals surface area contributed by atoms with E-state index in [9.17, 15) is 9.90 Å². The summed E-state index contributed by atoms with van der Waals surface area (Å²) in [4.78, 5) is 14.6. The van der Waals surface area contributed by atoms with Crippen LogP contribution in [0.15, 0.2) is 24.3 Å². The fourth-order valence-electron chi connectivity index (χ4n) is 3.14. The molecular formula is C17H25NO2. The van der Waals surface area contributed by atoms with E-state index in [1.165, 1.54) is 25.7 Å². The molecule has 110 valence electrons. The van der Waals surface area contributed by atoms with E-state index in [1.54, 1.807) is 0 Å². The zero-order valence-electron chi connectivity index (χ0n) is 12.3. The number of aliphatic hydroxyl groups is 1. The lowest BCUT2D eigenvalue weighted by molar-refractivity contribution is 0.0933. The van der Waals surface area contributed by atoms with Crippen LogP contribution in [0.25, 0.3) is 0 Å². The number of aryl methyl sites for hydroxylation is 1. The molecule has 0 spiro atoms. The van der Waals surface area contributed by atoms with Crippen LogP contribution in [0.2, 0.25) is 0 Å². The molecule has 0 bridgehead atoms. The molecule has 0 saturated heterocycles. The van der Waals surface area contributed by atoms with Gasteiger partial charge >= 0.3 is 0 Å². The second-order valence-electron chi connectivity index (χ2n) is 5.69. The number of nitrogens with zero attached hydrogens (tertiary/aromatic N) is 1. The van der Waals surface area contributed by atoms with Gasteiger partial charge in [-0.25, -0.2) is 0 Å². The Balaban J connectivity index is 1.91. The predicted molar refractivity (Wildman–Crippen MR) is 81.0 cm³/mol. The average Bonchev–Trinajstić information content (AvgIpc) is 2.97. The van der Waals surface area contributed by atoms with Crippen LogP contribution in [0.4, 0.5) is 0 Å². The summed E-state index contributed by atoms with van der Waals surface area (Å²) in [5.74, 6) is 0.212. The maximum absolute atomic E-state index is 12.3. The Kier molecular flexibility index (Phi) is 5.74. The monoisotopic (exact) mass is 275 g/mol. The van der Waals surface area contributed by atoms with Crippen molar-refractivity contribution in [3.8, 4) is 0 Å². The first-order chi connectivity index (χ1) is 9.72. The fraction of sp³-hybridized carbons (Fsp3) is 0.588. The highest BCUT2D eigenvalue weighted by atomic mass is 16.3. The molecule has 3 heteroatoms. The zero-order valence-corrected chi connectivity index (χ0v) is 12.3. The molecule has 1 aliphatic rings. The summed E-state index contributed by atoms with van der Waals surface area (Å²) in [6.07, 6.45) is 5.51. The summed E-state index contributed by atoms with van der Waals surface area (Å²) >= 11 is 0. The molecule has 1 fully saturated rings. The van der Waals surface area contributed by atoms with E-state index < -0.39 is 0 Å². The molecule has 0 heterocycles. The summed E-state index contributed by atoms with van der Waals surface area (Å²) in [5, 5.41) is 9.20. The molecule has 1 aliphatic carbocycles. The standard InChI is InChI=1S/C17H25NO2/c1-14-6-2-5-9-16(14)17(20)10-11-18(12-13-19)15-7-3-4-8-15/h2,5-6,9,15,19H,3-4,7-8,10-13H2,1H3. The number of rotatable bonds is 7. The van der Waals surface area contributed by atoms with E-state index in [-0.39, 0.29) is 12.4 Å². The van der Waals surface area contributed by atoms with Crippen molar-refractivity contribution < 1.29 is 9.90 Å². The molecular weight excluding hydrogens is 250 g/mol. The van der Waals surface area contributed by atoms with Gasteiger partial charge in [0, 0.05) is 31.1 Å². The lowest BCUT2D eigenvalue weighted by atomic mass is 10.0. The Hall–Kier alpha value is -1.19. The Morgan fingerprint density at radius 3 is 2.60 bits per heavy atom. The molecule has 0 aromatic heterocycles. The number of Topliss-reactive ketones (excluding diaryl/α,β-unsaturated/α-hetero) is 1. The minimum absolute atomic E-state index is 0.176. The van der Waals surface area contributed by atoms with Gasteiger partial charge in [0.25, 0.3) is 0 Å². The summed E-state index contributed by atoms with van der Waals surface area (Å²) in [5.41, 5.74) is 1.88. The van der Waals surface area contributed by atoms with E-state index in [0.29, 0.717) is 19.0 Å². The topological polar surface area (TPSA) is 40.5 Å². The van der Waals surface area contributed by atoms with Crippen molar-refractivity contribution in [2.24, 2.45) is 0 Å². The van der Waals surface area contributed by atoms with Gasteiger partial charge in [0.15, 0.2) is 5.78 Å². The Labute approximate surface area is 121 Å². The molecule has 0 radical (unpaired) electrons. The molecule has 1 aromatic carbocycles. The van der Waals surface area contributed by atoms with Gasteiger partial charge in [0.2, 0.25) is 0 Å². The number of hydrogen-bond donors (Lipinski definition) is 1. The maximum atomic E-state index is 12.3. The number of hydrogen-bond acceptors (Lipinski definition) is 3. The van der Waals surface area contributed by atoms with Gasteiger partial charge in [-0.15, -0.1) is 0 Å². The van der Waals surface area contributed by atoms with Gasteiger partial charge in [0.05, 0.1) is 6.61 Å². The van der Waals surface area contributed by atoms with Crippen LogP contribution in [-0.2, 0) is 0 Å². The first-order valence-corrected chi connectivity index (χ1v) is 7.66. The van der Waals surface area contributed by atoms with Crippen molar-refractivity contribution in [3.63, 3.8) is 0 Å². The minimum atomic E-state index is 0.176. The van der Waals surface area contributed by atoms with Crippen LogP contribution >= 0.6 is 0 Å². The molecule has 0 unspecified atom stereocenters. The summed E-state index contributed by atoms with van der Waals surface area (Å²) in [6, 6.07) is 8.33. The van der Waals surface area contributed by atoms with Crippen molar-refractivity contribution in [2.45, 2.75) is 45.1 Å². The lowest BCUT2D eigenvalue weighted by Gasteiger charge is -2.27. The van der Waals surface area contributed by atoms with Gasteiger partial charge in [-0.2, -0.15) is 0 Å². The van der Waals surface area contributed by atoms with E-state index in [2.05, 4.69) is 4.90 Å². The van der Waals surface area contributed by atoms with Gasteiger partial charge in [-0.1, -0.05) is 37.1 Å². The van der Waals surface area contributed by atoms with Gasteiger partial charge < -0.3 is 5.11 Å². The average molecular weight is 275 g/mol. The van der Waals surface area contributed by atoms with Crippen molar-refractivity contribution in [2.75, 3.05) is 19.7 Å². The third-order valence-electron chi connectivity index (χ3n) is 4.30. The largest absolute Gasteiger partial charge is 0.395 e. The van der Waals surface area contributed by atoms with Crippen LogP contribution < -0.4 is 0 Å². The quantitative estimate of drug-likeness (QED) is 0.778. The van der Waals surface area contributed by atoms with Crippen LogP contribution in [0.1, 0.15) is 48.0 Å². The van der Waals surface area contributed by atoms with E-state index in [4.69, 9.17) is 0 Å². The van der Waals surface area contributed by atoms with Gasteiger partial charge in [-0.3, -0.25) is 9.69 Å². The predicted octanol–water partition coefficient (Wildman–Crippen LogP) is 2.80. The third kappa shape index (κ3) is 3.90. The fourth-order valence-corrected chi connectivity index (χ4v) is 3.14. The summed E-state index contributed by atoms with van der Waals surface area (Å²) in [7, 11) is 0. The summed E-state index contributed by atoms with van der Waals surface area (Å²) in [6.45, 7) is 3.61. The molecule has 0 atom stereocenters. The summed E-state index contributed by atoms with van der Waals surface area (Å²) < 4.78 is 0. The van der Waals surface area contributed by atoms with Crippen molar-refractivity contribution in [3.05, 3.63) is 35.4 Å². The van der Waals surface area contributed by atoms with E-state index in [1.807, 2.05) is 31.2 Å². The Morgan fingerprint density at radius 1 is 1.25 bits per heavy atom. The molecule has 2 rings (SSSR count). The number of aliphatic hydroxyl groups excluding tert-OH is 1. The number of carbonyl (C=O) groups is 1. The number of ketones is 1. The van der Waals surface area contributed by atoms with Gasteiger partial charge in [-0.05, 0) is 25.3 Å². The first-order valence-electron chi connectivity index (χ1n) is 7.66. The van der Waals surface area contributed by atoms with Crippen LogP contribution in [-0.4, -0.2) is 41.5 Å². The molecule has 1 saturated carbocycles. The highest BCUT2D eigenvalue weighted by Crippen LogP contribution is 2.23. The smallest absolute Gasteiger partial charge is 0.164 e. The van der Waals surface area contributed by atoms with E-state index >= 15 is 0 Å². The Bertz CT molecular complexity index is 438. The maximum Gasteiger partial charge on any atom is 0.164 e. The van der Waals surface area contributed by atoms with Crippen LogP contribution in [0.5, 0.6) is 0 Å². The van der Waals surface area contributed by atoms with Gasteiger partial charge in [0.1, 0.15) is 0 Å². The van der Waals surface area contributed by atoms with Crippen molar-refractivity contribution >= 4 is 5.78 Å². The lowest BCUT2D eigenvalue weighted by Crippen LogP contribution is -2.37. The van der Waals surface area contributed by atoms with Crippen LogP contribution in [0, 0.1) is 6.92 Å². The van der Waals surface area contributed by atoms with Crippen molar-refractivity contribution in [1.82, 2.24) is 4.90 Å². The second-order valence-corrected chi connectivity index (χ2v) is 5.69. The third-order valence-corrected chi connectivity index (χ3v) is 4.30. The SMILES string of the molecule is Cc1ccccc1C(=O)CCN(CCO)C1CCCC1. The van der Waals surface area contributed by atoms with E-state index in [0.717, 1.165) is 17.7 Å². The Morgan fingerprint density at radius 2 is 1.95 bits per heavy atom. The zero-order chi connectivity index (χ0) is 14.4. The highest BCUT2D eigenvalue weighted by Gasteiger charge is 2.22. The van der Waals surface area contributed by atoms with Crippen molar-refractivity contribution in [1.29, 1.82) is 0 Å². The molecule has 1 N–H and O–H groups in total. The minimum Gasteiger partial charge on any atom is -0.395 e. The molecule has 1 aromatic rings. The first kappa shape index (κ1) is 15.2. The second kappa shape index (κ2) is 7.55.